The maximum Gasteiger partial charge on any atom is 0.0695 e. The molecule has 0 heterocycles. The highest BCUT2D eigenvalue weighted by atomic mass is 127. The second kappa shape index (κ2) is 5.12. The average molecular weight is 358 g/mol. The minimum absolute atomic E-state index is 0.260. The molecule has 0 radical (unpaired) electrons. The molecule has 1 aliphatic carbocycles. The third kappa shape index (κ3) is 3.70. The van der Waals surface area contributed by atoms with Crippen LogP contribution in [-0.4, -0.2) is 10.7 Å². The van der Waals surface area contributed by atoms with Crippen molar-refractivity contribution in [2.75, 3.05) is 0 Å². The summed E-state index contributed by atoms with van der Waals surface area (Å²) in [4.78, 5) is 0. The molecule has 100 valence electrons. The van der Waals surface area contributed by atoms with Crippen molar-refractivity contribution >= 4 is 22.6 Å². The van der Waals surface area contributed by atoms with Gasteiger partial charge < -0.3 is 5.11 Å². The largest absolute Gasteiger partial charge is 0.390 e. The van der Waals surface area contributed by atoms with Crippen molar-refractivity contribution in [1.82, 2.24) is 0 Å². The summed E-state index contributed by atoms with van der Waals surface area (Å²) in [6.07, 6.45) is 3.86. The van der Waals surface area contributed by atoms with Crippen molar-refractivity contribution in [1.29, 1.82) is 0 Å². The van der Waals surface area contributed by atoms with Crippen LogP contribution in [0.3, 0.4) is 0 Å². The molecule has 0 bridgehead atoms. The van der Waals surface area contributed by atoms with Crippen LogP contribution in [0.4, 0.5) is 0 Å². The maximum absolute atomic E-state index is 10.9. The number of hydrogen-bond donors (Lipinski definition) is 1. The molecule has 1 nitrogen and oxygen atoms in total. The van der Waals surface area contributed by atoms with Gasteiger partial charge in [0.05, 0.1) is 5.60 Å². The van der Waals surface area contributed by atoms with Crippen LogP contribution in [0.25, 0.3) is 0 Å². The van der Waals surface area contributed by atoms with Crippen LogP contribution < -0.4 is 0 Å². The highest BCUT2D eigenvalue weighted by molar-refractivity contribution is 14.1. The molecule has 2 atom stereocenters. The number of halogens is 1. The molecule has 1 aliphatic rings. The van der Waals surface area contributed by atoms with Crippen molar-refractivity contribution in [2.24, 2.45) is 11.3 Å². The van der Waals surface area contributed by atoms with E-state index in [0.29, 0.717) is 5.92 Å². The molecule has 0 aromatic heterocycles. The lowest BCUT2D eigenvalue weighted by Crippen LogP contribution is -2.43. The van der Waals surface area contributed by atoms with Crippen LogP contribution in [0.5, 0.6) is 0 Å². The third-order valence-electron chi connectivity index (χ3n) is 3.88. The van der Waals surface area contributed by atoms with Gasteiger partial charge in [-0.1, -0.05) is 32.9 Å². The standard InChI is InChI=1S/C16H23IO/c1-12-8-15(2,3)11-16(18,9-12)10-13-4-6-14(17)7-5-13/h4-7,12,18H,8-11H2,1-3H3. The van der Waals surface area contributed by atoms with Gasteiger partial charge in [0.1, 0.15) is 0 Å². The van der Waals surface area contributed by atoms with Crippen LogP contribution in [0, 0.1) is 14.9 Å². The number of benzene rings is 1. The van der Waals surface area contributed by atoms with Crippen LogP contribution in [0.2, 0.25) is 0 Å². The highest BCUT2D eigenvalue weighted by Crippen LogP contribution is 2.45. The molecule has 2 unspecified atom stereocenters. The molecule has 1 N–H and O–H groups in total. The summed E-state index contributed by atoms with van der Waals surface area (Å²) < 4.78 is 1.25. The Bertz CT molecular complexity index is 410. The third-order valence-corrected chi connectivity index (χ3v) is 4.60. The Labute approximate surface area is 124 Å². The topological polar surface area (TPSA) is 20.2 Å². The van der Waals surface area contributed by atoms with Gasteiger partial charge in [-0.2, -0.15) is 0 Å². The lowest BCUT2D eigenvalue weighted by atomic mass is 9.64. The molecular formula is C16H23IO. The Kier molecular flexibility index (Phi) is 4.07. The molecule has 1 aromatic carbocycles. The molecule has 1 fully saturated rings. The summed E-state index contributed by atoms with van der Waals surface area (Å²) in [6.45, 7) is 6.82. The average Bonchev–Trinajstić information content (AvgIpc) is 2.17. The van der Waals surface area contributed by atoms with Crippen LogP contribution in [0.15, 0.2) is 24.3 Å². The fourth-order valence-electron chi connectivity index (χ4n) is 3.82. The zero-order chi connectivity index (χ0) is 13.4. The second-order valence-corrected chi connectivity index (χ2v) is 8.13. The Balaban J connectivity index is 2.13. The summed E-state index contributed by atoms with van der Waals surface area (Å²) in [5, 5.41) is 10.9. The fourth-order valence-corrected chi connectivity index (χ4v) is 4.18. The first kappa shape index (κ1) is 14.3. The van der Waals surface area contributed by atoms with E-state index in [2.05, 4.69) is 67.6 Å². The van der Waals surface area contributed by atoms with Crippen LogP contribution in [-0.2, 0) is 6.42 Å². The summed E-state index contributed by atoms with van der Waals surface area (Å²) in [7, 11) is 0. The highest BCUT2D eigenvalue weighted by Gasteiger charge is 2.41. The Morgan fingerprint density at radius 2 is 1.83 bits per heavy atom. The summed E-state index contributed by atoms with van der Waals surface area (Å²) in [6, 6.07) is 8.53. The minimum Gasteiger partial charge on any atom is -0.390 e. The van der Waals surface area contributed by atoms with Gasteiger partial charge in [-0.3, -0.25) is 0 Å². The molecular weight excluding hydrogens is 335 g/mol. The van der Waals surface area contributed by atoms with Crippen LogP contribution in [0.1, 0.15) is 45.6 Å². The van der Waals surface area contributed by atoms with Crippen molar-refractivity contribution in [3.63, 3.8) is 0 Å². The molecule has 0 aliphatic heterocycles. The number of hydrogen-bond acceptors (Lipinski definition) is 1. The zero-order valence-electron chi connectivity index (χ0n) is 11.5. The molecule has 18 heavy (non-hydrogen) atoms. The molecule has 1 saturated carbocycles. The minimum atomic E-state index is -0.520. The van der Waals surface area contributed by atoms with Crippen molar-refractivity contribution < 1.29 is 5.11 Å². The predicted molar refractivity (Wildman–Crippen MR) is 84.6 cm³/mol. The summed E-state index contributed by atoms with van der Waals surface area (Å²) in [5.41, 5.74) is 0.992. The lowest BCUT2D eigenvalue weighted by molar-refractivity contribution is -0.0574. The molecule has 2 rings (SSSR count). The number of rotatable bonds is 2. The van der Waals surface area contributed by atoms with Crippen LogP contribution >= 0.6 is 22.6 Å². The Morgan fingerprint density at radius 1 is 1.22 bits per heavy atom. The van der Waals surface area contributed by atoms with Gasteiger partial charge in [0.2, 0.25) is 0 Å². The molecule has 0 saturated heterocycles. The first-order valence-corrected chi connectivity index (χ1v) is 7.83. The first-order chi connectivity index (χ1) is 8.28. The van der Waals surface area contributed by atoms with Gasteiger partial charge in [-0.05, 0) is 70.9 Å². The van der Waals surface area contributed by atoms with Crippen molar-refractivity contribution in [3.8, 4) is 0 Å². The normalized spacial score (nSPS) is 31.3. The van der Waals surface area contributed by atoms with E-state index in [9.17, 15) is 5.11 Å². The van der Waals surface area contributed by atoms with E-state index < -0.39 is 5.60 Å². The van der Waals surface area contributed by atoms with E-state index in [1.807, 2.05) is 0 Å². The fraction of sp³-hybridized carbons (Fsp3) is 0.625. The van der Waals surface area contributed by atoms with Gasteiger partial charge in [0.25, 0.3) is 0 Å². The van der Waals surface area contributed by atoms with E-state index in [0.717, 1.165) is 19.3 Å². The summed E-state index contributed by atoms with van der Waals surface area (Å²) in [5.74, 6) is 0.614. The molecule has 2 heteroatoms. The Hall–Kier alpha value is -0.0900. The SMILES string of the molecule is CC1CC(C)(C)CC(O)(Cc2ccc(I)cc2)C1. The van der Waals surface area contributed by atoms with Gasteiger partial charge >= 0.3 is 0 Å². The van der Waals surface area contributed by atoms with Gasteiger partial charge in [-0.25, -0.2) is 0 Å². The Morgan fingerprint density at radius 3 is 2.39 bits per heavy atom. The van der Waals surface area contributed by atoms with E-state index >= 15 is 0 Å². The first-order valence-electron chi connectivity index (χ1n) is 6.75. The van der Waals surface area contributed by atoms with E-state index in [4.69, 9.17) is 0 Å². The van der Waals surface area contributed by atoms with Gasteiger partial charge in [0, 0.05) is 9.99 Å². The van der Waals surface area contributed by atoms with E-state index in [1.54, 1.807) is 0 Å². The van der Waals surface area contributed by atoms with Crippen molar-refractivity contribution in [3.05, 3.63) is 33.4 Å². The van der Waals surface area contributed by atoms with Crippen molar-refractivity contribution in [2.45, 2.75) is 52.1 Å². The van der Waals surface area contributed by atoms with Gasteiger partial charge in [-0.15, -0.1) is 0 Å². The van der Waals surface area contributed by atoms with Gasteiger partial charge in [0.15, 0.2) is 0 Å². The smallest absolute Gasteiger partial charge is 0.0695 e. The molecule has 0 amide bonds. The zero-order valence-corrected chi connectivity index (χ0v) is 13.7. The molecule has 0 spiro atoms. The lowest BCUT2D eigenvalue weighted by Gasteiger charge is -2.44. The van der Waals surface area contributed by atoms with E-state index in [-0.39, 0.29) is 5.41 Å². The monoisotopic (exact) mass is 358 g/mol. The predicted octanol–water partition coefficient (Wildman–Crippen LogP) is 4.41. The summed E-state index contributed by atoms with van der Waals surface area (Å²) >= 11 is 2.32. The quantitative estimate of drug-likeness (QED) is 0.777. The molecule has 1 aromatic rings. The second-order valence-electron chi connectivity index (χ2n) is 6.88. The maximum atomic E-state index is 10.9. The van der Waals surface area contributed by atoms with E-state index in [1.165, 1.54) is 15.6 Å². The number of aliphatic hydroxyl groups is 1.